The molecule has 0 amide bonds. The number of benzene rings is 2. The smallest absolute Gasteiger partial charge is 0.204 e. The third-order valence-electron chi connectivity index (χ3n) is 3.40. The molecule has 0 aliphatic carbocycles. The molecule has 2 aromatic carbocycles. The van der Waals surface area contributed by atoms with Crippen LogP contribution in [0, 0.1) is 0 Å². The summed E-state index contributed by atoms with van der Waals surface area (Å²) in [4.78, 5) is 4.25. The average molecular weight is 296 g/mol. The van der Waals surface area contributed by atoms with E-state index in [2.05, 4.69) is 39.9 Å². The van der Waals surface area contributed by atoms with Gasteiger partial charge in [0.15, 0.2) is 12.7 Å². The van der Waals surface area contributed by atoms with Gasteiger partial charge in [-0.1, -0.05) is 54.1 Å². The van der Waals surface area contributed by atoms with Crippen LogP contribution < -0.4 is 4.57 Å². The van der Waals surface area contributed by atoms with E-state index in [9.17, 15) is 0 Å². The molecule has 1 aromatic heterocycles. The van der Waals surface area contributed by atoms with E-state index in [4.69, 9.17) is 11.6 Å². The molecule has 0 N–H and O–H groups in total. The lowest BCUT2D eigenvalue weighted by Crippen LogP contribution is -2.38. The molecule has 104 valence electrons. The van der Waals surface area contributed by atoms with Gasteiger partial charge in [-0.15, -0.1) is 0 Å². The van der Waals surface area contributed by atoms with Gasteiger partial charge in [-0.2, -0.15) is 4.57 Å². The van der Waals surface area contributed by atoms with Gasteiger partial charge < -0.3 is 0 Å². The first-order valence-corrected chi connectivity index (χ1v) is 7.30. The Balaban J connectivity index is 1.86. The van der Waals surface area contributed by atoms with Crippen LogP contribution in [0.15, 0.2) is 73.2 Å². The number of rotatable bonds is 4. The molecule has 2 nitrogen and oxygen atoms in total. The predicted octanol–water partition coefficient (Wildman–Crippen LogP) is 3.66. The molecule has 21 heavy (non-hydrogen) atoms. The number of aromatic nitrogens is 2. The van der Waals surface area contributed by atoms with Crippen molar-refractivity contribution in [2.45, 2.75) is 13.0 Å². The summed E-state index contributed by atoms with van der Waals surface area (Å²) >= 11 is 6.06. The second-order valence-corrected chi connectivity index (χ2v) is 5.42. The summed E-state index contributed by atoms with van der Waals surface area (Å²) in [6, 6.07) is 18.4. The summed E-state index contributed by atoms with van der Waals surface area (Å²) in [7, 11) is 0. The van der Waals surface area contributed by atoms with E-state index in [-0.39, 0.29) is 0 Å². The van der Waals surface area contributed by atoms with Gasteiger partial charge in [-0.05, 0) is 17.7 Å². The SMILES string of the molecule is Clc1cccc(Cc2cncc[n+]2Cc2ccccc2)c1. The summed E-state index contributed by atoms with van der Waals surface area (Å²) in [6.45, 7) is 0.846. The standard InChI is InChI=1S/C18H16ClN2/c19-17-8-4-7-16(11-17)12-18-13-20-9-10-21(18)14-15-5-2-1-3-6-15/h1-11,13H,12,14H2/q+1. The van der Waals surface area contributed by atoms with Gasteiger partial charge in [0, 0.05) is 10.6 Å². The van der Waals surface area contributed by atoms with E-state index in [1.165, 1.54) is 16.8 Å². The fourth-order valence-corrected chi connectivity index (χ4v) is 2.57. The van der Waals surface area contributed by atoms with Crippen molar-refractivity contribution in [2.24, 2.45) is 0 Å². The molecule has 0 unspecified atom stereocenters. The quantitative estimate of drug-likeness (QED) is 0.671. The molecule has 0 aliphatic rings. The maximum absolute atomic E-state index is 6.06. The summed E-state index contributed by atoms with van der Waals surface area (Å²) in [6.07, 6.45) is 6.59. The van der Waals surface area contributed by atoms with Crippen molar-refractivity contribution in [3.8, 4) is 0 Å². The number of hydrogen-bond donors (Lipinski definition) is 0. The van der Waals surface area contributed by atoms with Gasteiger partial charge in [0.1, 0.15) is 0 Å². The van der Waals surface area contributed by atoms with Gasteiger partial charge in [-0.3, -0.25) is 4.98 Å². The zero-order chi connectivity index (χ0) is 14.5. The van der Waals surface area contributed by atoms with E-state index in [0.29, 0.717) is 0 Å². The fourth-order valence-electron chi connectivity index (χ4n) is 2.36. The summed E-state index contributed by atoms with van der Waals surface area (Å²) < 4.78 is 2.23. The second-order valence-electron chi connectivity index (χ2n) is 4.99. The Hall–Kier alpha value is -2.19. The molecule has 0 bridgehead atoms. The minimum absolute atomic E-state index is 0.769. The Morgan fingerprint density at radius 3 is 2.57 bits per heavy atom. The molecule has 0 atom stereocenters. The van der Waals surface area contributed by atoms with Crippen molar-refractivity contribution in [2.75, 3.05) is 0 Å². The van der Waals surface area contributed by atoms with Crippen molar-refractivity contribution in [3.05, 3.63) is 95.0 Å². The highest BCUT2D eigenvalue weighted by Crippen LogP contribution is 2.13. The lowest BCUT2D eigenvalue weighted by molar-refractivity contribution is -0.695. The molecule has 3 rings (SSSR count). The molecule has 0 radical (unpaired) electrons. The minimum Gasteiger partial charge on any atom is -0.252 e. The van der Waals surface area contributed by atoms with Crippen molar-refractivity contribution < 1.29 is 4.57 Å². The Morgan fingerprint density at radius 1 is 0.952 bits per heavy atom. The van der Waals surface area contributed by atoms with Crippen LogP contribution in [0.4, 0.5) is 0 Å². The van der Waals surface area contributed by atoms with Crippen LogP contribution in [0.3, 0.4) is 0 Å². The fraction of sp³-hybridized carbons (Fsp3) is 0.111. The minimum atomic E-state index is 0.769. The zero-order valence-corrected chi connectivity index (χ0v) is 12.4. The molecule has 3 heteroatoms. The molecule has 0 saturated carbocycles. The monoisotopic (exact) mass is 295 g/mol. The molecule has 0 fully saturated rings. The first kappa shape index (κ1) is 13.8. The van der Waals surface area contributed by atoms with Crippen molar-refractivity contribution in [1.29, 1.82) is 0 Å². The van der Waals surface area contributed by atoms with Crippen LogP contribution in [0.5, 0.6) is 0 Å². The van der Waals surface area contributed by atoms with Crippen LogP contribution in [-0.2, 0) is 13.0 Å². The third-order valence-corrected chi connectivity index (χ3v) is 3.63. The van der Waals surface area contributed by atoms with Crippen LogP contribution in [0.25, 0.3) is 0 Å². The second kappa shape index (κ2) is 6.51. The highest BCUT2D eigenvalue weighted by Gasteiger charge is 2.12. The Bertz CT molecular complexity index is 726. The molecule has 0 saturated heterocycles. The number of hydrogen-bond acceptors (Lipinski definition) is 1. The van der Waals surface area contributed by atoms with E-state index in [0.717, 1.165) is 18.0 Å². The molecular formula is C18H16ClN2+. The normalized spacial score (nSPS) is 10.5. The van der Waals surface area contributed by atoms with E-state index in [1.807, 2.05) is 42.9 Å². The summed E-state index contributed by atoms with van der Waals surface area (Å²) in [5.41, 5.74) is 3.64. The molecule has 1 heterocycles. The molecule has 0 spiro atoms. The first-order chi connectivity index (χ1) is 10.3. The van der Waals surface area contributed by atoms with Crippen LogP contribution in [0.1, 0.15) is 16.8 Å². The van der Waals surface area contributed by atoms with E-state index in [1.54, 1.807) is 0 Å². The zero-order valence-electron chi connectivity index (χ0n) is 11.6. The first-order valence-electron chi connectivity index (χ1n) is 6.92. The summed E-state index contributed by atoms with van der Waals surface area (Å²) in [5.74, 6) is 0. The lowest BCUT2D eigenvalue weighted by Gasteiger charge is -2.04. The highest BCUT2D eigenvalue weighted by molar-refractivity contribution is 6.30. The maximum atomic E-state index is 6.06. The predicted molar refractivity (Wildman–Crippen MR) is 84.2 cm³/mol. The van der Waals surface area contributed by atoms with Gasteiger partial charge in [-0.25, -0.2) is 0 Å². The third kappa shape index (κ3) is 3.67. The number of halogens is 1. The largest absolute Gasteiger partial charge is 0.252 e. The highest BCUT2D eigenvalue weighted by atomic mass is 35.5. The molecular weight excluding hydrogens is 280 g/mol. The number of nitrogens with zero attached hydrogens (tertiary/aromatic N) is 2. The Kier molecular flexibility index (Phi) is 4.27. The van der Waals surface area contributed by atoms with Crippen LogP contribution in [-0.4, -0.2) is 4.98 Å². The van der Waals surface area contributed by atoms with Crippen molar-refractivity contribution in [3.63, 3.8) is 0 Å². The van der Waals surface area contributed by atoms with E-state index < -0.39 is 0 Å². The maximum Gasteiger partial charge on any atom is 0.204 e. The topological polar surface area (TPSA) is 16.8 Å². The van der Waals surface area contributed by atoms with Crippen molar-refractivity contribution >= 4 is 11.6 Å². The van der Waals surface area contributed by atoms with Crippen molar-refractivity contribution in [1.82, 2.24) is 4.98 Å². The van der Waals surface area contributed by atoms with E-state index >= 15 is 0 Å². The summed E-state index contributed by atoms with van der Waals surface area (Å²) in [5, 5.41) is 0.769. The molecule has 3 aromatic rings. The van der Waals surface area contributed by atoms with Gasteiger partial charge in [0.05, 0.1) is 18.8 Å². The van der Waals surface area contributed by atoms with Gasteiger partial charge in [0.25, 0.3) is 0 Å². The van der Waals surface area contributed by atoms with Gasteiger partial charge >= 0.3 is 0 Å². The Morgan fingerprint density at radius 2 is 1.76 bits per heavy atom. The molecule has 0 aliphatic heterocycles. The lowest BCUT2D eigenvalue weighted by atomic mass is 10.1. The average Bonchev–Trinajstić information content (AvgIpc) is 2.50. The Labute approximate surface area is 129 Å². The van der Waals surface area contributed by atoms with Crippen LogP contribution >= 0.6 is 11.6 Å². The van der Waals surface area contributed by atoms with Crippen LogP contribution in [0.2, 0.25) is 5.02 Å². The van der Waals surface area contributed by atoms with Gasteiger partial charge in [0.2, 0.25) is 5.69 Å².